The monoisotopic (exact) mass is 439 g/mol. The molecule has 0 radical (unpaired) electrons. The first kappa shape index (κ1) is 20.9. The number of hydrogen-bond donors (Lipinski definition) is 0. The minimum atomic E-state index is -4.77. The zero-order valence-electron chi connectivity index (χ0n) is 14.9. The van der Waals surface area contributed by atoms with E-state index in [0.717, 1.165) is 6.26 Å². The van der Waals surface area contributed by atoms with Crippen LogP contribution in [0.1, 0.15) is 5.69 Å². The third-order valence-corrected chi connectivity index (χ3v) is 5.51. The number of rotatable bonds is 4. The van der Waals surface area contributed by atoms with Crippen molar-refractivity contribution < 1.29 is 21.6 Å². The molecule has 29 heavy (non-hydrogen) atoms. The lowest BCUT2D eigenvalue weighted by Crippen LogP contribution is -2.15. The van der Waals surface area contributed by atoms with E-state index >= 15 is 0 Å². The summed E-state index contributed by atoms with van der Waals surface area (Å²) >= 11 is 5.86. The van der Waals surface area contributed by atoms with Crippen molar-refractivity contribution in [2.45, 2.75) is 17.6 Å². The molecule has 0 atom stereocenters. The maximum Gasteiger partial charge on any atom is 0.433 e. The molecule has 0 aliphatic carbocycles. The lowest BCUT2D eigenvalue weighted by Gasteiger charge is -2.12. The van der Waals surface area contributed by atoms with E-state index in [1.54, 1.807) is 6.07 Å². The van der Waals surface area contributed by atoms with Gasteiger partial charge in [0.25, 0.3) is 0 Å². The van der Waals surface area contributed by atoms with E-state index in [1.165, 1.54) is 48.5 Å². The summed E-state index contributed by atoms with van der Waals surface area (Å²) in [4.78, 5) is 0.0294. The van der Waals surface area contributed by atoms with Crippen molar-refractivity contribution in [3.8, 4) is 28.5 Å². The molecule has 0 saturated carbocycles. The maximum absolute atomic E-state index is 13.9. The lowest BCUT2D eigenvalue weighted by molar-refractivity contribution is -0.143. The predicted octanol–water partition coefficient (Wildman–Crippen LogP) is 4.82. The molecule has 150 valence electrons. The Bertz CT molecular complexity index is 1190. The first-order valence-corrected chi connectivity index (χ1v) is 10.4. The highest BCUT2D eigenvalue weighted by atomic mass is 35.5. The predicted molar refractivity (Wildman–Crippen MR) is 102 cm³/mol. The minimum Gasteiger partial charge on any atom is -0.245 e. The van der Waals surface area contributed by atoms with Gasteiger partial charge in [-0.15, -0.1) is 0 Å². The number of halogens is 4. The van der Waals surface area contributed by atoms with Gasteiger partial charge in [0.1, 0.15) is 12.2 Å². The van der Waals surface area contributed by atoms with Crippen LogP contribution in [0.5, 0.6) is 0 Å². The highest BCUT2D eigenvalue weighted by Gasteiger charge is 2.40. The van der Waals surface area contributed by atoms with E-state index in [4.69, 9.17) is 16.9 Å². The van der Waals surface area contributed by atoms with Gasteiger partial charge in [-0.25, -0.2) is 13.1 Å². The van der Waals surface area contributed by atoms with E-state index in [1.807, 2.05) is 0 Å². The second-order valence-corrected chi connectivity index (χ2v) is 8.64. The number of nitrogens with zero attached hydrogens (tertiary/aromatic N) is 3. The van der Waals surface area contributed by atoms with Gasteiger partial charge in [0, 0.05) is 22.4 Å². The molecule has 0 N–H and O–H groups in total. The summed E-state index contributed by atoms with van der Waals surface area (Å²) in [6, 6.07) is 12.8. The molecule has 0 amide bonds. The fourth-order valence-electron chi connectivity index (χ4n) is 2.88. The Balaban J connectivity index is 2.31. The van der Waals surface area contributed by atoms with Crippen LogP contribution in [0, 0.1) is 11.3 Å². The Hall–Kier alpha value is -2.83. The zero-order valence-corrected chi connectivity index (χ0v) is 16.5. The highest BCUT2D eigenvalue weighted by molar-refractivity contribution is 7.90. The van der Waals surface area contributed by atoms with Crippen LogP contribution in [-0.2, 0) is 22.6 Å². The molecular weight excluding hydrogens is 427 g/mol. The SMILES string of the molecule is CS(=O)(=O)c1ccc(-c2nn(CC#N)c(C(F)(F)F)c2-c2ccc(Cl)cc2)cc1. The lowest BCUT2D eigenvalue weighted by atomic mass is 9.98. The van der Waals surface area contributed by atoms with Gasteiger partial charge in [-0.05, 0) is 29.8 Å². The number of nitriles is 1. The highest BCUT2D eigenvalue weighted by Crippen LogP contribution is 2.43. The van der Waals surface area contributed by atoms with Crippen LogP contribution in [0.25, 0.3) is 22.4 Å². The van der Waals surface area contributed by atoms with E-state index in [0.29, 0.717) is 9.70 Å². The van der Waals surface area contributed by atoms with Gasteiger partial charge in [0.2, 0.25) is 0 Å². The van der Waals surface area contributed by atoms with Gasteiger partial charge in [0.05, 0.1) is 11.0 Å². The molecule has 0 aliphatic rings. The van der Waals surface area contributed by atoms with Gasteiger partial charge in [-0.3, -0.25) is 0 Å². The summed E-state index contributed by atoms with van der Waals surface area (Å²) in [5, 5.41) is 13.3. The topological polar surface area (TPSA) is 75.8 Å². The molecule has 0 saturated heterocycles. The van der Waals surface area contributed by atoms with E-state index in [-0.39, 0.29) is 27.3 Å². The molecular formula is C19H13ClF3N3O2S. The van der Waals surface area contributed by atoms with Gasteiger partial charge in [0.15, 0.2) is 15.5 Å². The van der Waals surface area contributed by atoms with Crippen LogP contribution in [0.15, 0.2) is 53.4 Å². The molecule has 0 fully saturated rings. The minimum absolute atomic E-state index is 0.0186. The van der Waals surface area contributed by atoms with Crippen molar-refractivity contribution in [2.75, 3.05) is 6.26 Å². The van der Waals surface area contributed by atoms with Crippen LogP contribution < -0.4 is 0 Å². The van der Waals surface area contributed by atoms with Crippen molar-refractivity contribution >= 4 is 21.4 Å². The van der Waals surface area contributed by atoms with Crippen LogP contribution in [-0.4, -0.2) is 24.5 Å². The fraction of sp³-hybridized carbons (Fsp3) is 0.158. The standard InChI is InChI=1S/C19H13ClF3N3O2S/c1-29(27,28)15-8-4-13(5-9-15)17-16(12-2-6-14(20)7-3-12)18(19(21,22)23)26(25-17)11-10-24/h2-9H,11H2,1H3. The zero-order chi connectivity index (χ0) is 21.4. The quantitative estimate of drug-likeness (QED) is 0.584. The Morgan fingerprint density at radius 3 is 2.10 bits per heavy atom. The van der Waals surface area contributed by atoms with E-state index < -0.39 is 28.3 Å². The Morgan fingerprint density at radius 2 is 1.62 bits per heavy atom. The molecule has 5 nitrogen and oxygen atoms in total. The molecule has 3 aromatic rings. The van der Waals surface area contributed by atoms with Crippen LogP contribution in [0.4, 0.5) is 13.2 Å². The van der Waals surface area contributed by atoms with E-state index in [2.05, 4.69) is 5.10 Å². The van der Waals surface area contributed by atoms with Gasteiger partial charge in [-0.2, -0.15) is 23.5 Å². The normalized spacial score (nSPS) is 12.0. The van der Waals surface area contributed by atoms with Crippen molar-refractivity contribution in [1.82, 2.24) is 9.78 Å². The van der Waals surface area contributed by atoms with Crippen molar-refractivity contribution in [3.63, 3.8) is 0 Å². The third kappa shape index (κ3) is 4.28. The molecule has 0 unspecified atom stereocenters. The molecule has 1 aromatic heterocycles. The average molecular weight is 440 g/mol. The maximum atomic E-state index is 13.9. The molecule has 3 rings (SSSR count). The summed E-state index contributed by atoms with van der Waals surface area (Å²) < 4.78 is 65.5. The fourth-order valence-corrected chi connectivity index (χ4v) is 3.64. The van der Waals surface area contributed by atoms with Crippen molar-refractivity contribution in [1.29, 1.82) is 5.26 Å². The smallest absolute Gasteiger partial charge is 0.245 e. The Labute approximate surface area is 169 Å². The number of sulfone groups is 1. The summed E-state index contributed by atoms with van der Waals surface area (Å²) in [5.74, 6) is 0. The largest absolute Gasteiger partial charge is 0.433 e. The van der Waals surface area contributed by atoms with Gasteiger partial charge in [-0.1, -0.05) is 35.9 Å². The Morgan fingerprint density at radius 1 is 1.07 bits per heavy atom. The van der Waals surface area contributed by atoms with Crippen LogP contribution in [0.2, 0.25) is 5.02 Å². The van der Waals surface area contributed by atoms with Gasteiger partial charge < -0.3 is 0 Å². The molecule has 0 spiro atoms. The summed E-state index contributed by atoms with van der Waals surface area (Å²) in [6.45, 7) is -0.600. The molecule has 10 heteroatoms. The molecule has 1 heterocycles. The molecule has 2 aromatic carbocycles. The summed E-state index contributed by atoms with van der Waals surface area (Å²) in [6.07, 6.45) is -3.74. The second-order valence-electron chi connectivity index (χ2n) is 6.19. The number of hydrogen-bond acceptors (Lipinski definition) is 4. The van der Waals surface area contributed by atoms with Crippen molar-refractivity contribution in [3.05, 3.63) is 59.2 Å². The Kier molecular flexibility index (Phi) is 5.43. The molecule has 0 bridgehead atoms. The summed E-state index contributed by atoms with van der Waals surface area (Å²) in [7, 11) is -3.47. The van der Waals surface area contributed by atoms with E-state index in [9.17, 15) is 21.6 Å². The average Bonchev–Trinajstić information content (AvgIpc) is 3.02. The van der Waals surface area contributed by atoms with Gasteiger partial charge >= 0.3 is 6.18 Å². The second kappa shape index (κ2) is 7.54. The number of benzene rings is 2. The van der Waals surface area contributed by atoms with Crippen LogP contribution >= 0.6 is 11.6 Å². The third-order valence-electron chi connectivity index (χ3n) is 4.13. The van der Waals surface area contributed by atoms with Crippen molar-refractivity contribution in [2.24, 2.45) is 0 Å². The summed E-state index contributed by atoms with van der Waals surface area (Å²) in [5.41, 5.74) is -0.798. The first-order chi connectivity index (χ1) is 13.5. The number of aromatic nitrogens is 2. The first-order valence-electron chi connectivity index (χ1n) is 8.13. The molecule has 0 aliphatic heterocycles. The van der Waals surface area contributed by atoms with Crippen LogP contribution in [0.3, 0.4) is 0 Å². The number of alkyl halides is 3.